The van der Waals surface area contributed by atoms with E-state index in [0.29, 0.717) is 31.9 Å². The average molecular weight is 448 g/mol. The second-order valence-corrected chi connectivity index (χ2v) is 7.52. The fourth-order valence-corrected chi connectivity index (χ4v) is 2.29. The molecule has 22 heavy (non-hydrogen) atoms. The predicted molar refractivity (Wildman–Crippen MR) is 102 cm³/mol. The molecule has 0 bridgehead atoms. The van der Waals surface area contributed by atoms with Gasteiger partial charge in [-0.15, -0.1) is 24.0 Å². The Labute approximate surface area is 151 Å². The number of rotatable bonds is 8. The first kappa shape index (κ1) is 23.7. The minimum Gasteiger partial charge on any atom is -0.357 e. The van der Waals surface area contributed by atoms with Gasteiger partial charge in [0.25, 0.3) is 0 Å². The molecule has 0 rings (SSSR count). The fraction of sp³-hybridized carbons (Fsp3) is 0.846. The van der Waals surface area contributed by atoms with E-state index in [0.717, 1.165) is 0 Å². The SMILES string of the molecule is CCNC(=NCCC(=O)N(C)C)NC(C)CCS(C)(=O)=O.I. The number of aliphatic imine (C=N–C) groups is 1. The fourth-order valence-electron chi connectivity index (χ4n) is 1.50. The van der Waals surface area contributed by atoms with Crippen LogP contribution in [0.4, 0.5) is 0 Å². The lowest BCUT2D eigenvalue weighted by atomic mass is 10.3. The quantitative estimate of drug-likeness (QED) is 0.320. The van der Waals surface area contributed by atoms with Crippen LogP contribution in [0.25, 0.3) is 0 Å². The Hall–Kier alpha value is -0.580. The van der Waals surface area contributed by atoms with E-state index in [1.165, 1.54) is 11.2 Å². The van der Waals surface area contributed by atoms with Gasteiger partial charge in [-0.3, -0.25) is 9.79 Å². The Morgan fingerprint density at radius 3 is 2.36 bits per heavy atom. The molecule has 132 valence electrons. The van der Waals surface area contributed by atoms with Crippen molar-refractivity contribution in [2.75, 3.05) is 39.2 Å². The molecule has 1 unspecified atom stereocenters. The molecule has 0 aromatic rings. The zero-order valence-corrected chi connectivity index (χ0v) is 17.2. The summed E-state index contributed by atoms with van der Waals surface area (Å²) in [4.78, 5) is 17.3. The number of nitrogens with zero attached hydrogens (tertiary/aromatic N) is 2. The predicted octanol–water partition coefficient (Wildman–Crippen LogP) is 0.461. The molecule has 0 saturated carbocycles. The topological polar surface area (TPSA) is 90.9 Å². The molecule has 7 nitrogen and oxygen atoms in total. The minimum atomic E-state index is -2.96. The van der Waals surface area contributed by atoms with E-state index in [4.69, 9.17) is 0 Å². The van der Waals surface area contributed by atoms with Crippen molar-refractivity contribution >= 4 is 45.7 Å². The maximum absolute atomic E-state index is 11.5. The highest BCUT2D eigenvalue weighted by Gasteiger charge is 2.09. The highest BCUT2D eigenvalue weighted by molar-refractivity contribution is 14.0. The van der Waals surface area contributed by atoms with Gasteiger partial charge in [-0.1, -0.05) is 0 Å². The first-order valence-corrected chi connectivity index (χ1v) is 9.14. The number of sulfone groups is 1. The van der Waals surface area contributed by atoms with E-state index in [1.54, 1.807) is 14.1 Å². The number of carbonyl (C=O) groups is 1. The van der Waals surface area contributed by atoms with Crippen molar-refractivity contribution < 1.29 is 13.2 Å². The van der Waals surface area contributed by atoms with Crippen molar-refractivity contribution in [3.8, 4) is 0 Å². The Morgan fingerprint density at radius 1 is 1.32 bits per heavy atom. The number of nitrogens with one attached hydrogen (secondary N) is 2. The van der Waals surface area contributed by atoms with Gasteiger partial charge in [0.15, 0.2) is 5.96 Å². The maximum Gasteiger partial charge on any atom is 0.223 e. The van der Waals surface area contributed by atoms with Gasteiger partial charge in [-0.2, -0.15) is 0 Å². The molecule has 0 radical (unpaired) electrons. The summed E-state index contributed by atoms with van der Waals surface area (Å²) in [5.74, 6) is 0.768. The maximum atomic E-state index is 11.5. The molecule has 0 aromatic carbocycles. The lowest BCUT2D eigenvalue weighted by molar-refractivity contribution is -0.128. The van der Waals surface area contributed by atoms with Crippen molar-refractivity contribution in [3.05, 3.63) is 0 Å². The van der Waals surface area contributed by atoms with Crippen LogP contribution in [0, 0.1) is 0 Å². The van der Waals surface area contributed by atoms with Crippen molar-refractivity contribution in [1.82, 2.24) is 15.5 Å². The van der Waals surface area contributed by atoms with Crippen LogP contribution in [0.1, 0.15) is 26.7 Å². The van der Waals surface area contributed by atoms with Gasteiger partial charge < -0.3 is 15.5 Å². The Kier molecular flexibility index (Phi) is 12.8. The van der Waals surface area contributed by atoms with Crippen LogP contribution in [0.5, 0.6) is 0 Å². The summed E-state index contributed by atoms with van der Waals surface area (Å²) in [6.45, 7) is 4.95. The van der Waals surface area contributed by atoms with Crippen LogP contribution in [0.3, 0.4) is 0 Å². The van der Waals surface area contributed by atoms with Crippen molar-refractivity contribution in [3.63, 3.8) is 0 Å². The first-order valence-electron chi connectivity index (χ1n) is 7.08. The number of carbonyl (C=O) groups excluding carboxylic acids is 1. The highest BCUT2D eigenvalue weighted by atomic mass is 127. The normalized spacial score (nSPS) is 13.0. The molecule has 0 saturated heterocycles. The summed E-state index contributed by atoms with van der Waals surface area (Å²) in [5, 5.41) is 6.22. The summed E-state index contributed by atoms with van der Waals surface area (Å²) in [7, 11) is 0.467. The van der Waals surface area contributed by atoms with Gasteiger partial charge in [0, 0.05) is 39.4 Å². The second-order valence-electron chi connectivity index (χ2n) is 5.26. The third-order valence-corrected chi connectivity index (χ3v) is 3.72. The largest absolute Gasteiger partial charge is 0.357 e. The van der Waals surface area contributed by atoms with Gasteiger partial charge in [-0.05, 0) is 20.3 Å². The van der Waals surface area contributed by atoms with E-state index in [-0.39, 0.29) is 41.7 Å². The summed E-state index contributed by atoms with van der Waals surface area (Å²) in [6.07, 6.45) is 2.09. The van der Waals surface area contributed by atoms with Gasteiger partial charge in [0.1, 0.15) is 9.84 Å². The molecule has 9 heteroatoms. The number of halogens is 1. The second kappa shape index (κ2) is 11.9. The number of hydrogen-bond donors (Lipinski definition) is 2. The number of guanidine groups is 1. The van der Waals surface area contributed by atoms with E-state index >= 15 is 0 Å². The molecule has 0 heterocycles. The van der Waals surface area contributed by atoms with Crippen LogP contribution in [-0.2, 0) is 14.6 Å². The van der Waals surface area contributed by atoms with E-state index < -0.39 is 9.84 Å². The molecule has 1 atom stereocenters. The van der Waals surface area contributed by atoms with E-state index in [1.807, 2.05) is 13.8 Å². The van der Waals surface area contributed by atoms with Gasteiger partial charge >= 0.3 is 0 Å². The van der Waals surface area contributed by atoms with Crippen molar-refractivity contribution in [2.24, 2.45) is 4.99 Å². The molecular formula is C13H29IN4O3S. The standard InChI is InChI=1S/C13H28N4O3S.HI/c1-6-14-13(15-9-7-12(18)17(3)4)16-11(2)8-10-21(5,19)20;/h11H,6-10H2,1-5H3,(H2,14,15,16);1H. The van der Waals surface area contributed by atoms with Crippen molar-refractivity contribution in [2.45, 2.75) is 32.7 Å². The summed E-state index contributed by atoms with van der Waals surface area (Å²) >= 11 is 0. The zero-order valence-electron chi connectivity index (χ0n) is 14.0. The van der Waals surface area contributed by atoms with Crippen LogP contribution >= 0.6 is 24.0 Å². The molecule has 0 aromatic heterocycles. The van der Waals surface area contributed by atoms with Gasteiger partial charge in [0.2, 0.25) is 5.91 Å². The molecule has 0 aliphatic rings. The number of amides is 1. The lowest BCUT2D eigenvalue weighted by Crippen LogP contribution is -2.43. The molecule has 1 amide bonds. The smallest absolute Gasteiger partial charge is 0.223 e. The third kappa shape index (κ3) is 13.1. The van der Waals surface area contributed by atoms with Gasteiger partial charge in [0.05, 0.1) is 12.3 Å². The molecule has 0 fully saturated rings. The molecule has 2 N–H and O–H groups in total. The van der Waals surface area contributed by atoms with Crippen molar-refractivity contribution in [1.29, 1.82) is 0 Å². The average Bonchev–Trinajstić information content (AvgIpc) is 2.35. The number of hydrogen-bond acceptors (Lipinski definition) is 4. The van der Waals surface area contributed by atoms with Crippen LogP contribution < -0.4 is 10.6 Å². The van der Waals surface area contributed by atoms with Crippen LogP contribution in [0.15, 0.2) is 4.99 Å². The van der Waals surface area contributed by atoms with E-state index in [2.05, 4.69) is 15.6 Å². The van der Waals surface area contributed by atoms with Crippen LogP contribution in [0.2, 0.25) is 0 Å². The van der Waals surface area contributed by atoms with Gasteiger partial charge in [-0.25, -0.2) is 8.42 Å². The third-order valence-electron chi connectivity index (χ3n) is 2.74. The summed E-state index contributed by atoms with van der Waals surface area (Å²) in [5.41, 5.74) is 0. The molecule has 0 aliphatic carbocycles. The molecule has 0 spiro atoms. The highest BCUT2D eigenvalue weighted by Crippen LogP contribution is 1.96. The zero-order chi connectivity index (χ0) is 16.5. The molecular weight excluding hydrogens is 419 g/mol. The van der Waals surface area contributed by atoms with Crippen LogP contribution in [-0.4, -0.2) is 70.4 Å². The van der Waals surface area contributed by atoms with E-state index in [9.17, 15) is 13.2 Å². The monoisotopic (exact) mass is 448 g/mol. The molecule has 0 aliphatic heterocycles. The lowest BCUT2D eigenvalue weighted by Gasteiger charge is -2.17. The summed E-state index contributed by atoms with van der Waals surface area (Å²) < 4.78 is 22.3. The Balaban J connectivity index is 0. The minimum absolute atomic E-state index is 0. The summed E-state index contributed by atoms with van der Waals surface area (Å²) in [6, 6.07) is -0.0120. The Bertz CT molecular complexity index is 452. The Morgan fingerprint density at radius 2 is 1.91 bits per heavy atom. The first-order chi connectivity index (χ1) is 9.65.